The summed E-state index contributed by atoms with van der Waals surface area (Å²) in [6.07, 6.45) is 3.97. The Morgan fingerprint density at radius 3 is 2.96 bits per heavy atom. The predicted molar refractivity (Wildman–Crippen MR) is 92.0 cm³/mol. The number of nitrogens with zero attached hydrogens (tertiary/aromatic N) is 4. The molecule has 24 heavy (non-hydrogen) atoms. The molecule has 2 aromatic heterocycles. The third-order valence-corrected chi connectivity index (χ3v) is 5.51. The first-order valence-electron chi connectivity index (χ1n) is 8.14. The normalized spacial score (nSPS) is 15.9. The van der Waals surface area contributed by atoms with Crippen molar-refractivity contribution in [3.05, 3.63) is 38.9 Å². The minimum Gasteiger partial charge on any atom is -0.309 e. The van der Waals surface area contributed by atoms with Crippen LogP contribution < -0.4 is 10.9 Å². The first kappa shape index (κ1) is 15.4. The number of carbonyl (C=O) groups is 1. The SMILES string of the molecule is Cn1nc2c(c1NC(=O)Cn1nc3c(cc1=O)CCCC3)CSC2. The summed E-state index contributed by atoms with van der Waals surface area (Å²) in [6.45, 7) is -0.0702. The highest BCUT2D eigenvalue weighted by molar-refractivity contribution is 7.98. The van der Waals surface area contributed by atoms with Crippen LogP contribution in [0.15, 0.2) is 10.9 Å². The Balaban J connectivity index is 1.54. The number of aromatic nitrogens is 4. The monoisotopic (exact) mass is 345 g/mol. The minimum absolute atomic E-state index is 0.0702. The molecule has 0 saturated heterocycles. The Labute approximate surface area is 143 Å². The van der Waals surface area contributed by atoms with Crippen LogP contribution in [0.3, 0.4) is 0 Å². The first-order valence-corrected chi connectivity index (χ1v) is 9.29. The van der Waals surface area contributed by atoms with E-state index in [0.29, 0.717) is 0 Å². The molecule has 7 nitrogen and oxygen atoms in total. The van der Waals surface area contributed by atoms with Gasteiger partial charge in [0.2, 0.25) is 5.91 Å². The molecule has 2 aromatic rings. The number of rotatable bonds is 3. The van der Waals surface area contributed by atoms with Crippen molar-refractivity contribution in [3.63, 3.8) is 0 Å². The highest BCUT2D eigenvalue weighted by Crippen LogP contribution is 2.34. The molecular formula is C16H19N5O2S. The summed E-state index contributed by atoms with van der Waals surface area (Å²) in [5, 5.41) is 11.7. The lowest BCUT2D eigenvalue weighted by Gasteiger charge is -2.15. The lowest BCUT2D eigenvalue weighted by molar-refractivity contribution is -0.117. The van der Waals surface area contributed by atoms with Crippen molar-refractivity contribution >= 4 is 23.5 Å². The molecule has 126 valence electrons. The van der Waals surface area contributed by atoms with Crippen molar-refractivity contribution in [1.82, 2.24) is 19.6 Å². The average molecular weight is 345 g/mol. The van der Waals surface area contributed by atoms with Gasteiger partial charge in [-0.2, -0.15) is 22.0 Å². The van der Waals surface area contributed by atoms with Crippen LogP contribution in [0.25, 0.3) is 0 Å². The third kappa shape index (κ3) is 2.75. The Morgan fingerprint density at radius 2 is 2.08 bits per heavy atom. The van der Waals surface area contributed by atoms with Crippen LogP contribution in [0, 0.1) is 0 Å². The molecule has 1 aliphatic heterocycles. The first-order chi connectivity index (χ1) is 11.6. The smallest absolute Gasteiger partial charge is 0.267 e. The van der Waals surface area contributed by atoms with Gasteiger partial charge in [-0.05, 0) is 31.2 Å². The van der Waals surface area contributed by atoms with Crippen LogP contribution in [0.5, 0.6) is 0 Å². The number of nitrogens with one attached hydrogen (secondary N) is 1. The van der Waals surface area contributed by atoms with Crippen LogP contribution >= 0.6 is 11.8 Å². The number of aryl methyl sites for hydroxylation is 3. The van der Waals surface area contributed by atoms with Crippen molar-refractivity contribution in [2.45, 2.75) is 43.7 Å². The Morgan fingerprint density at radius 1 is 1.25 bits per heavy atom. The van der Waals surface area contributed by atoms with Gasteiger partial charge in [-0.15, -0.1) is 0 Å². The van der Waals surface area contributed by atoms with Crippen LogP contribution in [-0.4, -0.2) is 25.5 Å². The summed E-state index contributed by atoms with van der Waals surface area (Å²) in [5.74, 6) is 2.22. The van der Waals surface area contributed by atoms with Gasteiger partial charge in [0.25, 0.3) is 5.56 Å². The van der Waals surface area contributed by atoms with E-state index in [9.17, 15) is 9.59 Å². The number of amides is 1. The fraction of sp³-hybridized carbons (Fsp3) is 0.500. The predicted octanol–water partition coefficient (Wildman–Crippen LogP) is 1.24. The molecule has 4 rings (SSSR count). The van der Waals surface area contributed by atoms with Gasteiger partial charge in [-0.3, -0.25) is 14.3 Å². The van der Waals surface area contributed by atoms with E-state index in [1.165, 1.54) is 4.68 Å². The molecule has 1 N–H and O–H groups in total. The van der Waals surface area contributed by atoms with Crippen LogP contribution in [0.4, 0.5) is 5.82 Å². The maximum Gasteiger partial charge on any atom is 0.267 e. The fourth-order valence-corrected chi connectivity index (χ4v) is 4.35. The molecule has 1 amide bonds. The van der Waals surface area contributed by atoms with E-state index in [-0.39, 0.29) is 18.0 Å². The summed E-state index contributed by atoms with van der Waals surface area (Å²) in [6, 6.07) is 1.63. The van der Waals surface area contributed by atoms with Crippen molar-refractivity contribution in [1.29, 1.82) is 0 Å². The summed E-state index contributed by atoms with van der Waals surface area (Å²) in [5.41, 5.74) is 3.89. The summed E-state index contributed by atoms with van der Waals surface area (Å²) in [4.78, 5) is 24.6. The van der Waals surface area contributed by atoms with E-state index in [1.807, 2.05) is 7.05 Å². The van der Waals surface area contributed by atoms with Crippen molar-refractivity contribution < 1.29 is 4.79 Å². The molecule has 2 aliphatic rings. The van der Waals surface area contributed by atoms with E-state index in [1.54, 1.807) is 22.5 Å². The van der Waals surface area contributed by atoms with Crippen molar-refractivity contribution in [2.24, 2.45) is 7.05 Å². The lowest BCUT2D eigenvalue weighted by Crippen LogP contribution is -2.32. The molecule has 0 radical (unpaired) electrons. The van der Waals surface area contributed by atoms with Gasteiger partial charge >= 0.3 is 0 Å². The number of thioether (sulfide) groups is 1. The number of hydrogen-bond acceptors (Lipinski definition) is 5. The highest BCUT2D eigenvalue weighted by Gasteiger charge is 2.23. The van der Waals surface area contributed by atoms with Gasteiger partial charge in [-0.1, -0.05) is 0 Å². The number of anilines is 1. The summed E-state index contributed by atoms with van der Waals surface area (Å²) >= 11 is 1.79. The molecule has 0 aromatic carbocycles. The standard InChI is InChI=1S/C16H19N5O2S/c1-20-16(11-8-24-9-13(11)18-20)17-14(22)7-21-15(23)6-10-4-2-3-5-12(10)19-21/h6H,2-5,7-9H2,1H3,(H,17,22). The fourth-order valence-electron chi connectivity index (χ4n) is 3.32. The van der Waals surface area contributed by atoms with Gasteiger partial charge in [0.15, 0.2) is 0 Å². The zero-order valence-corrected chi connectivity index (χ0v) is 14.4. The van der Waals surface area contributed by atoms with E-state index in [0.717, 1.165) is 65.5 Å². The minimum atomic E-state index is -0.247. The van der Waals surface area contributed by atoms with E-state index in [2.05, 4.69) is 15.5 Å². The molecule has 0 bridgehead atoms. The lowest BCUT2D eigenvalue weighted by atomic mass is 9.97. The topological polar surface area (TPSA) is 81.8 Å². The molecule has 0 unspecified atom stereocenters. The van der Waals surface area contributed by atoms with Gasteiger partial charge in [0, 0.05) is 30.2 Å². The molecule has 1 aliphatic carbocycles. The second-order valence-corrected chi connectivity index (χ2v) is 7.24. The molecule has 0 spiro atoms. The van der Waals surface area contributed by atoms with E-state index in [4.69, 9.17) is 0 Å². The molecule has 0 fully saturated rings. The third-order valence-electron chi connectivity index (χ3n) is 4.54. The highest BCUT2D eigenvalue weighted by atomic mass is 32.2. The maximum atomic E-state index is 12.4. The number of carbonyl (C=O) groups excluding carboxylic acids is 1. The van der Waals surface area contributed by atoms with Gasteiger partial charge in [0.05, 0.1) is 11.4 Å². The summed E-state index contributed by atoms with van der Waals surface area (Å²) in [7, 11) is 1.82. The van der Waals surface area contributed by atoms with Gasteiger partial charge in [0.1, 0.15) is 12.4 Å². The Bertz CT molecular complexity index is 870. The van der Waals surface area contributed by atoms with Crippen molar-refractivity contribution in [3.8, 4) is 0 Å². The number of hydrogen-bond donors (Lipinski definition) is 1. The Kier molecular flexibility index (Phi) is 3.91. The second-order valence-electron chi connectivity index (χ2n) is 6.26. The van der Waals surface area contributed by atoms with Crippen LogP contribution in [0.1, 0.15) is 35.4 Å². The summed E-state index contributed by atoms with van der Waals surface area (Å²) < 4.78 is 2.97. The Hall–Kier alpha value is -2.09. The van der Waals surface area contributed by atoms with Gasteiger partial charge in [-0.25, -0.2) is 4.68 Å². The average Bonchev–Trinajstić information content (AvgIpc) is 3.11. The molecule has 3 heterocycles. The quantitative estimate of drug-likeness (QED) is 0.905. The van der Waals surface area contributed by atoms with Crippen molar-refractivity contribution in [2.75, 3.05) is 5.32 Å². The zero-order chi connectivity index (χ0) is 16.7. The zero-order valence-electron chi connectivity index (χ0n) is 13.5. The molecule has 0 atom stereocenters. The molecule has 8 heteroatoms. The van der Waals surface area contributed by atoms with Crippen LogP contribution in [-0.2, 0) is 42.7 Å². The number of fused-ring (bicyclic) bond motifs is 2. The van der Waals surface area contributed by atoms with Crippen LogP contribution in [0.2, 0.25) is 0 Å². The molecular weight excluding hydrogens is 326 g/mol. The van der Waals surface area contributed by atoms with E-state index < -0.39 is 0 Å². The molecule has 0 saturated carbocycles. The van der Waals surface area contributed by atoms with E-state index >= 15 is 0 Å². The maximum absolute atomic E-state index is 12.4. The van der Waals surface area contributed by atoms with Gasteiger partial charge < -0.3 is 5.32 Å². The largest absolute Gasteiger partial charge is 0.309 e. The second kappa shape index (κ2) is 6.08.